The first-order valence-electron chi connectivity index (χ1n) is 7.44. The second-order valence-electron chi connectivity index (χ2n) is 6.30. The van der Waals surface area contributed by atoms with Crippen molar-refractivity contribution < 1.29 is 0 Å². The van der Waals surface area contributed by atoms with Gasteiger partial charge in [-0.15, -0.1) is 0 Å². The van der Waals surface area contributed by atoms with Crippen molar-refractivity contribution in [2.45, 2.75) is 59.4 Å². The molecule has 1 rings (SSSR count). The summed E-state index contributed by atoms with van der Waals surface area (Å²) in [5.41, 5.74) is 0.462. The summed E-state index contributed by atoms with van der Waals surface area (Å²) in [5.74, 6) is 0.829. The van der Waals surface area contributed by atoms with Gasteiger partial charge in [0.1, 0.15) is 0 Å². The molecule has 0 radical (unpaired) electrons. The van der Waals surface area contributed by atoms with Crippen molar-refractivity contribution in [2.24, 2.45) is 11.3 Å². The van der Waals surface area contributed by atoms with Gasteiger partial charge >= 0.3 is 0 Å². The minimum absolute atomic E-state index is 0.462. The van der Waals surface area contributed by atoms with Crippen molar-refractivity contribution in [3.8, 4) is 0 Å². The maximum atomic E-state index is 3.59. The number of hydrogen-bond acceptors (Lipinski definition) is 2. The predicted octanol–water partition coefficient (Wildman–Crippen LogP) is 3.13. The summed E-state index contributed by atoms with van der Waals surface area (Å²) in [5, 5.41) is 3.59. The van der Waals surface area contributed by atoms with Crippen molar-refractivity contribution in [3.05, 3.63) is 0 Å². The van der Waals surface area contributed by atoms with Gasteiger partial charge < -0.3 is 10.2 Å². The molecule has 1 aliphatic rings. The topological polar surface area (TPSA) is 15.3 Å². The van der Waals surface area contributed by atoms with Crippen LogP contribution in [0.1, 0.15) is 53.4 Å². The lowest BCUT2D eigenvalue weighted by atomic mass is 9.68. The molecule has 0 aromatic rings. The lowest BCUT2D eigenvalue weighted by Gasteiger charge is -2.45. The fraction of sp³-hybridized carbons (Fsp3) is 1.00. The van der Waals surface area contributed by atoms with Crippen molar-refractivity contribution >= 4 is 0 Å². The highest BCUT2D eigenvalue weighted by atomic mass is 15.1. The Morgan fingerprint density at radius 2 is 2.00 bits per heavy atom. The van der Waals surface area contributed by atoms with E-state index in [1.165, 1.54) is 45.3 Å². The van der Waals surface area contributed by atoms with Crippen LogP contribution in [0, 0.1) is 11.3 Å². The minimum Gasteiger partial charge on any atom is -0.316 e. The van der Waals surface area contributed by atoms with Crippen LogP contribution in [0.4, 0.5) is 0 Å². The maximum Gasteiger partial charge on any atom is 0.0156 e. The molecule has 1 saturated carbocycles. The van der Waals surface area contributed by atoms with Gasteiger partial charge in [0, 0.05) is 12.6 Å². The zero-order valence-corrected chi connectivity index (χ0v) is 12.6. The van der Waals surface area contributed by atoms with Crippen LogP contribution in [-0.4, -0.2) is 37.6 Å². The Morgan fingerprint density at radius 3 is 2.53 bits per heavy atom. The standard InChI is InChI=1S/C15H32N2/c1-6-11-17(7-2)12-13-9-8-10-15(3,4)14(13)16-5/h13-14,16H,6-12H2,1-5H3. The Kier molecular flexibility index (Phi) is 5.94. The van der Waals surface area contributed by atoms with Crippen LogP contribution in [0.2, 0.25) is 0 Å². The van der Waals surface area contributed by atoms with Crippen LogP contribution in [-0.2, 0) is 0 Å². The molecular formula is C15H32N2. The van der Waals surface area contributed by atoms with Gasteiger partial charge in [0.2, 0.25) is 0 Å². The molecule has 102 valence electrons. The highest BCUT2D eigenvalue weighted by Gasteiger charge is 2.38. The number of nitrogens with one attached hydrogen (secondary N) is 1. The lowest BCUT2D eigenvalue weighted by molar-refractivity contribution is 0.0849. The molecule has 0 amide bonds. The molecule has 0 bridgehead atoms. The molecule has 1 fully saturated rings. The quantitative estimate of drug-likeness (QED) is 0.767. The Bertz CT molecular complexity index is 213. The third-order valence-electron chi connectivity index (χ3n) is 4.50. The van der Waals surface area contributed by atoms with E-state index in [1.54, 1.807) is 0 Å². The monoisotopic (exact) mass is 240 g/mol. The van der Waals surface area contributed by atoms with E-state index in [1.807, 2.05) is 0 Å². The lowest BCUT2D eigenvalue weighted by Crippen LogP contribution is -2.51. The summed E-state index contributed by atoms with van der Waals surface area (Å²) in [6, 6.07) is 0.683. The molecule has 0 aromatic carbocycles. The fourth-order valence-electron chi connectivity index (χ4n) is 3.63. The second-order valence-corrected chi connectivity index (χ2v) is 6.30. The van der Waals surface area contributed by atoms with Crippen molar-refractivity contribution in [1.29, 1.82) is 0 Å². The van der Waals surface area contributed by atoms with Crippen LogP contribution in [0.25, 0.3) is 0 Å². The smallest absolute Gasteiger partial charge is 0.0156 e. The number of rotatable bonds is 6. The van der Waals surface area contributed by atoms with Gasteiger partial charge in [-0.2, -0.15) is 0 Å². The summed E-state index contributed by atoms with van der Waals surface area (Å²) >= 11 is 0. The fourth-order valence-corrected chi connectivity index (χ4v) is 3.63. The van der Waals surface area contributed by atoms with Gasteiger partial charge in [-0.1, -0.05) is 34.1 Å². The van der Waals surface area contributed by atoms with Crippen LogP contribution in [0.3, 0.4) is 0 Å². The molecule has 2 nitrogen and oxygen atoms in total. The summed E-state index contributed by atoms with van der Waals surface area (Å²) in [6.45, 7) is 13.2. The van der Waals surface area contributed by atoms with E-state index in [0.717, 1.165) is 5.92 Å². The number of nitrogens with zero attached hydrogens (tertiary/aromatic N) is 1. The van der Waals surface area contributed by atoms with E-state index in [-0.39, 0.29) is 0 Å². The second kappa shape index (κ2) is 6.75. The first kappa shape index (κ1) is 15.0. The average Bonchev–Trinajstić information content (AvgIpc) is 2.27. The first-order valence-corrected chi connectivity index (χ1v) is 7.44. The molecule has 2 unspecified atom stereocenters. The Balaban J connectivity index is 2.61. The zero-order chi connectivity index (χ0) is 12.9. The SMILES string of the molecule is CCCN(CC)CC1CCCC(C)(C)C1NC. The Morgan fingerprint density at radius 1 is 1.29 bits per heavy atom. The van der Waals surface area contributed by atoms with Crippen molar-refractivity contribution in [3.63, 3.8) is 0 Å². The molecule has 0 aromatic heterocycles. The third kappa shape index (κ3) is 3.96. The van der Waals surface area contributed by atoms with Gasteiger partial charge in [-0.3, -0.25) is 0 Å². The average molecular weight is 240 g/mol. The highest BCUT2D eigenvalue weighted by molar-refractivity contribution is 4.93. The van der Waals surface area contributed by atoms with E-state index in [4.69, 9.17) is 0 Å². The van der Waals surface area contributed by atoms with Crippen molar-refractivity contribution in [1.82, 2.24) is 10.2 Å². The van der Waals surface area contributed by atoms with Gasteiger partial charge in [0.25, 0.3) is 0 Å². The summed E-state index contributed by atoms with van der Waals surface area (Å²) in [4.78, 5) is 2.62. The molecular weight excluding hydrogens is 208 g/mol. The minimum atomic E-state index is 0.462. The van der Waals surface area contributed by atoms with Crippen LogP contribution < -0.4 is 5.32 Å². The van der Waals surface area contributed by atoms with Crippen LogP contribution >= 0.6 is 0 Å². The molecule has 0 spiro atoms. The first-order chi connectivity index (χ1) is 8.05. The van der Waals surface area contributed by atoms with Gasteiger partial charge in [-0.05, 0) is 50.7 Å². The molecule has 0 heterocycles. The Hall–Kier alpha value is -0.0800. The predicted molar refractivity (Wildman–Crippen MR) is 76.4 cm³/mol. The van der Waals surface area contributed by atoms with Crippen molar-refractivity contribution in [2.75, 3.05) is 26.7 Å². The van der Waals surface area contributed by atoms with Crippen LogP contribution in [0.5, 0.6) is 0 Å². The normalized spacial score (nSPS) is 28.6. The molecule has 0 saturated heterocycles. The summed E-state index contributed by atoms with van der Waals surface area (Å²) in [7, 11) is 2.14. The molecule has 1 N–H and O–H groups in total. The van der Waals surface area contributed by atoms with Gasteiger partial charge in [0.05, 0.1) is 0 Å². The zero-order valence-electron chi connectivity index (χ0n) is 12.6. The maximum absolute atomic E-state index is 3.59. The Labute approximate surface area is 108 Å². The van der Waals surface area contributed by atoms with Gasteiger partial charge in [-0.25, -0.2) is 0 Å². The van der Waals surface area contributed by atoms with E-state index < -0.39 is 0 Å². The third-order valence-corrected chi connectivity index (χ3v) is 4.50. The van der Waals surface area contributed by atoms with E-state index in [9.17, 15) is 0 Å². The molecule has 2 atom stereocenters. The molecule has 1 aliphatic carbocycles. The van der Waals surface area contributed by atoms with Gasteiger partial charge in [0.15, 0.2) is 0 Å². The van der Waals surface area contributed by atoms with Crippen LogP contribution in [0.15, 0.2) is 0 Å². The number of hydrogen-bond donors (Lipinski definition) is 1. The van der Waals surface area contributed by atoms with E-state index >= 15 is 0 Å². The van der Waals surface area contributed by atoms with E-state index in [2.05, 4.69) is 45.0 Å². The largest absolute Gasteiger partial charge is 0.316 e. The summed E-state index contributed by atoms with van der Waals surface area (Å²) < 4.78 is 0. The summed E-state index contributed by atoms with van der Waals surface area (Å²) in [6.07, 6.45) is 5.44. The molecule has 17 heavy (non-hydrogen) atoms. The molecule has 2 heteroatoms. The highest BCUT2D eigenvalue weighted by Crippen LogP contribution is 2.39. The molecule has 0 aliphatic heterocycles. The van der Waals surface area contributed by atoms with E-state index in [0.29, 0.717) is 11.5 Å².